The summed E-state index contributed by atoms with van der Waals surface area (Å²) >= 11 is 0. The molecule has 4 aromatic rings. The van der Waals surface area contributed by atoms with E-state index in [-0.39, 0.29) is 32.8 Å². The van der Waals surface area contributed by atoms with E-state index in [4.69, 9.17) is 47.4 Å². The molecule has 1 heterocycles. The average molecular weight is 993 g/mol. The highest BCUT2D eigenvalue weighted by atomic mass is 16.7. The molecule has 10 atom stereocenters. The largest absolute Gasteiger partial charge is 0.456 e. The number of allylic oxidation sites excluding steroid dienone is 2. The van der Waals surface area contributed by atoms with Crippen molar-refractivity contribution >= 4 is 11.9 Å². The van der Waals surface area contributed by atoms with Crippen molar-refractivity contribution in [3.63, 3.8) is 0 Å². The summed E-state index contributed by atoms with van der Waals surface area (Å²) in [6.07, 6.45) is 0.0456. The highest BCUT2D eigenvalue weighted by Gasteiger charge is 2.55. The van der Waals surface area contributed by atoms with E-state index in [0.29, 0.717) is 19.6 Å². The molecule has 0 radical (unpaired) electrons. The first kappa shape index (κ1) is 56.5. The Hall–Kier alpha value is -4.76. The molecule has 2 fully saturated rings. The van der Waals surface area contributed by atoms with E-state index in [9.17, 15) is 9.59 Å². The minimum Gasteiger partial charge on any atom is -0.456 e. The molecule has 12 heteroatoms. The van der Waals surface area contributed by atoms with Crippen LogP contribution in [0.3, 0.4) is 0 Å². The number of hydrogen-bond acceptors (Lipinski definition) is 12. The van der Waals surface area contributed by atoms with Gasteiger partial charge in [0.2, 0.25) is 0 Å². The zero-order valence-corrected chi connectivity index (χ0v) is 43.9. The molecule has 5 unspecified atom stereocenters. The zero-order valence-electron chi connectivity index (χ0n) is 43.9. The van der Waals surface area contributed by atoms with Crippen LogP contribution in [-0.2, 0) is 83.4 Å². The summed E-state index contributed by atoms with van der Waals surface area (Å²) in [5, 5.41) is 0. The van der Waals surface area contributed by atoms with Crippen molar-refractivity contribution in [2.24, 2.45) is 10.8 Å². The van der Waals surface area contributed by atoms with Crippen LogP contribution >= 0.6 is 0 Å². The molecule has 2 aliphatic rings. The van der Waals surface area contributed by atoms with Crippen molar-refractivity contribution in [1.29, 1.82) is 0 Å². The normalized spacial score (nSPS) is 24.8. The second-order valence-corrected chi connectivity index (χ2v) is 20.8. The molecule has 0 N–H and O–H groups in total. The van der Waals surface area contributed by atoms with Gasteiger partial charge in [0.05, 0.1) is 55.6 Å². The van der Waals surface area contributed by atoms with Crippen molar-refractivity contribution in [2.45, 2.75) is 175 Å². The van der Waals surface area contributed by atoms with Crippen LogP contribution in [-0.4, -0.2) is 93.5 Å². The van der Waals surface area contributed by atoms with E-state index >= 15 is 0 Å². The molecule has 6 rings (SSSR count). The summed E-state index contributed by atoms with van der Waals surface area (Å²) in [6.45, 7) is 14.9. The summed E-state index contributed by atoms with van der Waals surface area (Å²) in [4.78, 5) is 28.3. The van der Waals surface area contributed by atoms with Gasteiger partial charge in [0.1, 0.15) is 24.4 Å². The Bertz CT molecular complexity index is 2170. The van der Waals surface area contributed by atoms with Gasteiger partial charge >= 0.3 is 11.9 Å². The molecule has 12 nitrogen and oxygen atoms in total. The van der Waals surface area contributed by atoms with Crippen molar-refractivity contribution in [1.82, 2.24) is 0 Å². The number of benzene rings is 4. The topological polar surface area (TPSA) is 126 Å². The molecule has 392 valence electrons. The molecule has 1 aliphatic carbocycles. The lowest BCUT2D eigenvalue weighted by Gasteiger charge is -2.50. The average Bonchev–Trinajstić information content (AvgIpc) is 3.37. The number of unbranched alkanes of at least 4 members (excludes halogenated alkanes) is 2. The maximum atomic E-state index is 14.2. The third kappa shape index (κ3) is 17.4. The van der Waals surface area contributed by atoms with Crippen LogP contribution in [0.5, 0.6) is 0 Å². The van der Waals surface area contributed by atoms with Gasteiger partial charge in [0.25, 0.3) is 0 Å². The predicted octanol–water partition coefficient (Wildman–Crippen LogP) is 11.3. The molecule has 0 bridgehead atoms. The zero-order chi connectivity index (χ0) is 51.4. The van der Waals surface area contributed by atoms with Crippen LogP contribution in [0.15, 0.2) is 133 Å². The predicted molar refractivity (Wildman–Crippen MR) is 276 cm³/mol. The molecule has 72 heavy (non-hydrogen) atoms. The number of hydrogen-bond donors (Lipinski definition) is 0. The van der Waals surface area contributed by atoms with Crippen LogP contribution in [0, 0.1) is 10.8 Å². The van der Waals surface area contributed by atoms with Gasteiger partial charge in [-0.1, -0.05) is 140 Å². The Labute approximate surface area is 428 Å². The molecule has 4 aromatic carbocycles. The van der Waals surface area contributed by atoms with Crippen LogP contribution in [0.2, 0.25) is 0 Å². The quantitative estimate of drug-likeness (QED) is 0.0338. The number of carbonyl (C=O) groups excluding carboxylic acids is 2. The van der Waals surface area contributed by atoms with Crippen molar-refractivity contribution < 1.29 is 57.0 Å². The molecular weight excluding hydrogens is 913 g/mol. The number of ether oxygens (including phenoxy) is 10. The molecule has 1 saturated carbocycles. The summed E-state index contributed by atoms with van der Waals surface area (Å²) in [5.41, 5.74) is 2.05. The van der Waals surface area contributed by atoms with Crippen molar-refractivity contribution in [2.75, 3.05) is 20.3 Å². The van der Waals surface area contributed by atoms with Crippen LogP contribution in [0.4, 0.5) is 0 Å². The first-order valence-electron chi connectivity index (χ1n) is 25.9. The first-order valence-corrected chi connectivity index (χ1v) is 25.9. The molecule has 0 spiro atoms. The lowest BCUT2D eigenvalue weighted by Crippen LogP contribution is -2.65. The summed E-state index contributed by atoms with van der Waals surface area (Å²) < 4.78 is 67.1. The minimum absolute atomic E-state index is 0.188. The smallest absolute Gasteiger partial charge is 0.311 e. The number of carbonyl (C=O) groups is 2. The van der Waals surface area contributed by atoms with Crippen LogP contribution in [0.25, 0.3) is 0 Å². The Kier molecular flexibility index (Phi) is 22.5. The van der Waals surface area contributed by atoms with Gasteiger partial charge in [-0.25, -0.2) is 0 Å². The summed E-state index contributed by atoms with van der Waals surface area (Å²) in [7, 11) is 1.71. The van der Waals surface area contributed by atoms with Gasteiger partial charge in [-0.15, -0.1) is 0 Å². The number of methoxy groups -OCH3 is 1. The van der Waals surface area contributed by atoms with Crippen molar-refractivity contribution in [3.8, 4) is 0 Å². The monoisotopic (exact) mass is 993 g/mol. The fourth-order valence-corrected chi connectivity index (χ4v) is 8.63. The molecular formula is C60H80O12. The van der Waals surface area contributed by atoms with Gasteiger partial charge in [0, 0.05) is 26.7 Å². The maximum Gasteiger partial charge on any atom is 0.311 e. The minimum atomic E-state index is -1.17. The SMILES string of the molecule is CCC1OC(OC2C[C@@H](OCCC/C=C\CCCOC)[C@H](OC(=O)C(C)(C)C)C(OCc3ccccc3)[C@H]2OCc2ccccc2)[C@H](OC(=O)C(C)(C)C)C(OCc2ccccc2)[C@H]1OCc1ccccc1. The summed E-state index contributed by atoms with van der Waals surface area (Å²) in [5.74, 6) is -0.854. The second kappa shape index (κ2) is 28.6. The highest BCUT2D eigenvalue weighted by Crippen LogP contribution is 2.39. The Morgan fingerprint density at radius 3 is 1.35 bits per heavy atom. The van der Waals surface area contributed by atoms with Crippen LogP contribution in [0.1, 0.15) is 109 Å². The van der Waals surface area contributed by atoms with E-state index in [1.165, 1.54) is 0 Å². The second-order valence-electron chi connectivity index (χ2n) is 20.8. The van der Waals surface area contributed by atoms with E-state index in [0.717, 1.165) is 47.9 Å². The van der Waals surface area contributed by atoms with Gasteiger partial charge in [-0.05, 0) is 95.9 Å². The number of rotatable bonds is 26. The lowest BCUT2D eigenvalue weighted by molar-refractivity contribution is -0.342. The Balaban J connectivity index is 1.41. The maximum absolute atomic E-state index is 14.2. The van der Waals surface area contributed by atoms with Gasteiger partial charge in [0.15, 0.2) is 18.5 Å². The van der Waals surface area contributed by atoms with E-state index < -0.39 is 84.0 Å². The third-order valence-corrected chi connectivity index (χ3v) is 12.7. The van der Waals surface area contributed by atoms with Gasteiger partial charge in [-0.2, -0.15) is 0 Å². The van der Waals surface area contributed by atoms with Gasteiger partial charge in [-0.3, -0.25) is 9.59 Å². The molecule has 1 saturated heterocycles. The highest BCUT2D eigenvalue weighted by molar-refractivity contribution is 5.76. The van der Waals surface area contributed by atoms with Crippen LogP contribution < -0.4 is 0 Å². The fourth-order valence-electron chi connectivity index (χ4n) is 8.63. The van der Waals surface area contributed by atoms with E-state index in [2.05, 4.69) is 12.2 Å². The molecule has 1 aliphatic heterocycles. The van der Waals surface area contributed by atoms with E-state index in [1.54, 1.807) is 7.11 Å². The standard InChI is InChI=1S/C60H80O12/c1-9-47-50(65-39-43-28-18-14-19-29-43)54(68-42-46-34-24-17-25-35-46)55(72-58(62)60(5,6)7)56(69-47)70-49-38-48(64-37-27-13-11-10-12-26-36-63-8)52(71-57(61)59(2,3)4)53(67-41-45-32-22-16-23-33-45)51(49)66-40-44-30-20-15-21-31-44/h10-11,14-25,28-35,47-56H,9,12-13,26-27,36-42H2,1-8H3/b11-10-/t47?,48-,49?,50+,51+,52+,53?,54?,55-,56?/m1/s1. The number of esters is 2. The van der Waals surface area contributed by atoms with Gasteiger partial charge < -0.3 is 47.4 Å². The Morgan fingerprint density at radius 2 is 0.917 bits per heavy atom. The lowest BCUT2D eigenvalue weighted by atomic mass is 9.85. The van der Waals surface area contributed by atoms with E-state index in [1.807, 2.05) is 170 Å². The van der Waals surface area contributed by atoms with Crippen molar-refractivity contribution in [3.05, 3.63) is 156 Å². The molecule has 0 amide bonds. The Morgan fingerprint density at radius 1 is 0.514 bits per heavy atom. The third-order valence-electron chi connectivity index (χ3n) is 12.7. The fraction of sp³-hybridized carbons (Fsp3) is 0.533. The summed E-state index contributed by atoms with van der Waals surface area (Å²) in [6, 6.07) is 39.5. The first-order chi connectivity index (χ1) is 34.7. The molecule has 0 aromatic heterocycles.